The molecule has 2 aliphatic rings. The van der Waals surface area contributed by atoms with E-state index in [2.05, 4.69) is 30.0 Å². The van der Waals surface area contributed by atoms with Crippen LogP contribution in [0.25, 0.3) is 0 Å². The van der Waals surface area contributed by atoms with Gasteiger partial charge in [-0.2, -0.15) is 0 Å². The van der Waals surface area contributed by atoms with Crippen LogP contribution in [0.15, 0.2) is 36.0 Å². The standard InChI is InChI=1S/C16H20N2O2/c1-13-4-6-14(7-5-13)18-8-2-3-15(16(18)19)17-9-11-20-12-10-17/h3-7H,2,8-12H2,1H3. The summed E-state index contributed by atoms with van der Waals surface area (Å²) in [4.78, 5) is 16.7. The fourth-order valence-corrected chi connectivity index (χ4v) is 2.70. The Hall–Kier alpha value is -1.81. The number of aryl methyl sites for hydroxylation is 1. The predicted molar refractivity (Wildman–Crippen MR) is 78.6 cm³/mol. The highest BCUT2D eigenvalue weighted by Crippen LogP contribution is 2.23. The van der Waals surface area contributed by atoms with Gasteiger partial charge in [-0.15, -0.1) is 0 Å². The lowest BCUT2D eigenvalue weighted by Crippen LogP contribution is -2.45. The number of amides is 1. The first kappa shape index (κ1) is 13.2. The highest BCUT2D eigenvalue weighted by molar-refractivity contribution is 6.06. The predicted octanol–water partition coefficient (Wildman–Crippen LogP) is 1.95. The summed E-state index contributed by atoms with van der Waals surface area (Å²) in [5.41, 5.74) is 3.03. The summed E-state index contributed by atoms with van der Waals surface area (Å²) in [5.74, 6) is 0.113. The smallest absolute Gasteiger partial charge is 0.274 e. The number of carbonyl (C=O) groups is 1. The average Bonchev–Trinajstić information content (AvgIpc) is 2.49. The number of anilines is 1. The summed E-state index contributed by atoms with van der Waals surface area (Å²) in [7, 11) is 0. The van der Waals surface area contributed by atoms with E-state index in [0.717, 1.165) is 37.4 Å². The number of benzene rings is 1. The van der Waals surface area contributed by atoms with Crippen LogP contribution in [0, 0.1) is 6.92 Å². The van der Waals surface area contributed by atoms with Crippen molar-refractivity contribution in [3.05, 3.63) is 41.6 Å². The molecule has 0 aliphatic carbocycles. The van der Waals surface area contributed by atoms with Gasteiger partial charge in [0, 0.05) is 25.3 Å². The normalized spacial score (nSPS) is 20.1. The second-order valence-corrected chi connectivity index (χ2v) is 5.27. The van der Waals surface area contributed by atoms with E-state index in [4.69, 9.17) is 4.74 Å². The van der Waals surface area contributed by atoms with Crippen LogP contribution in [0.1, 0.15) is 12.0 Å². The van der Waals surface area contributed by atoms with E-state index in [0.29, 0.717) is 13.2 Å². The number of hydrogen-bond acceptors (Lipinski definition) is 3. The molecule has 4 heteroatoms. The maximum atomic E-state index is 12.7. The van der Waals surface area contributed by atoms with Gasteiger partial charge >= 0.3 is 0 Å². The van der Waals surface area contributed by atoms with E-state index >= 15 is 0 Å². The maximum Gasteiger partial charge on any atom is 0.274 e. The molecule has 20 heavy (non-hydrogen) atoms. The highest BCUT2D eigenvalue weighted by Gasteiger charge is 2.27. The number of ether oxygens (including phenoxy) is 1. The largest absolute Gasteiger partial charge is 0.378 e. The van der Waals surface area contributed by atoms with Gasteiger partial charge in [-0.05, 0) is 25.5 Å². The number of nitrogens with zero attached hydrogens (tertiary/aromatic N) is 2. The third-order valence-electron chi connectivity index (χ3n) is 3.85. The van der Waals surface area contributed by atoms with E-state index in [1.165, 1.54) is 5.56 Å². The summed E-state index contributed by atoms with van der Waals surface area (Å²) < 4.78 is 5.36. The van der Waals surface area contributed by atoms with Gasteiger partial charge in [0.15, 0.2) is 0 Å². The molecular weight excluding hydrogens is 252 g/mol. The molecule has 0 unspecified atom stereocenters. The van der Waals surface area contributed by atoms with Gasteiger partial charge in [-0.3, -0.25) is 4.79 Å². The molecule has 0 atom stereocenters. The molecule has 2 aliphatic heterocycles. The molecule has 1 saturated heterocycles. The molecule has 1 aromatic rings. The zero-order valence-corrected chi connectivity index (χ0v) is 11.8. The lowest BCUT2D eigenvalue weighted by atomic mass is 10.1. The Labute approximate surface area is 119 Å². The van der Waals surface area contributed by atoms with E-state index in [9.17, 15) is 4.79 Å². The van der Waals surface area contributed by atoms with Gasteiger partial charge in [0.2, 0.25) is 0 Å². The van der Waals surface area contributed by atoms with Crippen LogP contribution in [-0.2, 0) is 9.53 Å². The van der Waals surface area contributed by atoms with Crippen LogP contribution < -0.4 is 4.90 Å². The van der Waals surface area contributed by atoms with Gasteiger partial charge in [-0.25, -0.2) is 0 Å². The summed E-state index contributed by atoms with van der Waals surface area (Å²) in [5, 5.41) is 0. The minimum absolute atomic E-state index is 0.113. The van der Waals surface area contributed by atoms with Crippen LogP contribution in [0.2, 0.25) is 0 Å². The van der Waals surface area contributed by atoms with Crippen molar-refractivity contribution in [1.29, 1.82) is 0 Å². The van der Waals surface area contributed by atoms with Crippen LogP contribution in [0.5, 0.6) is 0 Å². The van der Waals surface area contributed by atoms with Gasteiger partial charge in [-0.1, -0.05) is 23.8 Å². The fraction of sp³-hybridized carbons (Fsp3) is 0.438. The van der Waals surface area contributed by atoms with Crippen LogP contribution >= 0.6 is 0 Å². The first-order valence-electron chi connectivity index (χ1n) is 7.17. The highest BCUT2D eigenvalue weighted by atomic mass is 16.5. The van der Waals surface area contributed by atoms with Gasteiger partial charge in [0.25, 0.3) is 5.91 Å². The first-order valence-corrected chi connectivity index (χ1v) is 7.17. The molecule has 1 amide bonds. The molecule has 0 N–H and O–H groups in total. The Morgan fingerprint density at radius 1 is 1.05 bits per heavy atom. The molecular formula is C16H20N2O2. The molecule has 0 aromatic heterocycles. The molecule has 0 bridgehead atoms. The van der Waals surface area contributed by atoms with Crippen molar-refractivity contribution in [3.63, 3.8) is 0 Å². The van der Waals surface area contributed by atoms with Gasteiger partial charge in [0.1, 0.15) is 0 Å². The van der Waals surface area contributed by atoms with E-state index in [-0.39, 0.29) is 5.91 Å². The van der Waals surface area contributed by atoms with E-state index in [1.807, 2.05) is 17.0 Å². The summed E-state index contributed by atoms with van der Waals surface area (Å²) in [6.07, 6.45) is 2.98. The summed E-state index contributed by atoms with van der Waals surface area (Å²) >= 11 is 0. The van der Waals surface area contributed by atoms with Crippen LogP contribution in [0.4, 0.5) is 5.69 Å². The Morgan fingerprint density at radius 2 is 1.75 bits per heavy atom. The van der Waals surface area contributed by atoms with Crippen molar-refractivity contribution in [1.82, 2.24) is 4.90 Å². The van der Waals surface area contributed by atoms with Crippen molar-refractivity contribution < 1.29 is 9.53 Å². The zero-order valence-electron chi connectivity index (χ0n) is 11.8. The third kappa shape index (κ3) is 2.56. The maximum absolute atomic E-state index is 12.7. The SMILES string of the molecule is Cc1ccc(N2CCC=C(N3CCOCC3)C2=O)cc1. The zero-order chi connectivity index (χ0) is 13.9. The lowest BCUT2D eigenvalue weighted by Gasteiger charge is -2.35. The molecule has 0 spiro atoms. The second kappa shape index (κ2) is 5.67. The molecule has 106 valence electrons. The van der Waals surface area contributed by atoms with Crippen LogP contribution in [-0.4, -0.2) is 43.7 Å². The average molecular weight is 272 g/mol. The Kier molecular flexibility index (Phi) is 3.74. The molecule has 1 fully saturated rings. The Balaban J connectivity index is 1.80. The quantitative estimate of drug-likeness (QED) is 0.825. The number of rotatable bonds is 2. The van der Waals surface area contributed by atoms with Crippen molar-refractivity contribution in [3.8, 4) is 0 Å². The van der Waals surface area contributed by atoms with Crippen molar-refractivity contribution >= 4 is 11.6 Å². The molecule has 0 saturated carbocycles. The van der Waals surface area contributed by atoms with Crippen molar-refractivity contribution in [2.45, 2.75) is 13.3 Å². The Morgan fingerprint density at radius 3 is 2.45 bits per heavy atom. The monoisotopic (exact) mass is 272 g/mol. The second-order valence-electron chi connectivity index (χ2n) is 5.27. The fourth-order valence-electron chi connectivity index (χ4n) is 2.70. The number of carbonyl (C=O) groups excluding carboxylic acids is 1. The molecule has 3 rings (SSSR count). The molecule has 4 nitrogen and oxygen atoms in total. The molecule has 2 heterocycles. The first-order chi connectivity index (χ1) is 9.75. The third-order valence-corrected chi connectivity index (χ3v) is 3.85. The van der Waals surface area contributed by atoms with Crippen molar-refractivity contribution in [2.75, 3.05) is 37.7 Å². The van der Waals surface area contributed by atoms with Crippen molar-refractivity contribution in [2.24, 2.45) is 0 Å². The minimum atomic E-state index is 0.113. The summed E-state index contributed by atoms with van der Waals surface area (Å²) in [6, 6.07) is 8.15. The molecule has 0 radical (unpaired) electrons. The molecule has 1 aromatic carbocycles. The van der Waals surface area contributed by atoms with Crippen LogP contribution in [0.3, 0.4) is 0 Å². The minimum Gasteiger partial charge on any atom is -0.378 e. The van der Waals surface area contributed by atoms with Gasteiger partial charge < -0.3 is 14.5 Å². The Bertz CT molecular complexity index is 516. The topological polar surface area (TPSA) is 32.8 Å². The number of hydrogen-bond donors (Lipinski definition) is 0. The van der Waals surface area contributed by atoms with Gasteiger partial charge in [0.05, 0.1) is 18.9 Å². The van der Waals surface area contributed by atoms with E-state index in [1.54, 1.807) is 0 Å². The number of morpholine rings is 1. The lowest BCUT2D eigenvalue weighted by molar-refractivity contribution is -0.117. The summed E-state index contributed by atoms with van der Waals surface area (Å²) in [6.45, 7) is 5.83. The van der Waals surface area contributed by atoms with E-state index < -0.39 is 0 Å².